The van der Waals surface area contributed by atoms with E-state index in [1.165, 1.54) is 38.2 Å². The van der Waals surface area contributed by atoms with Gasteiger partial charge in [0.25, 0.3) is 0 Å². The summed E-state index contributed by atoms with van der Waals surface area (Å²) in [5.41, 5.74) is 3.65. The van der Waals surface area contributed by atoms with Crippen LogP contribution in [0.4, 0.5) is 5.69 Å². The monoisotopic (exact) mass is 327 g/mol. The molecule has 3 heteroatoms. The maximum Gasteiger partial charge on any atom is 0.119 e. The van der Waals surface area contributed by atoms with Crippen molar-refractivity contribution in [3.05, 3.63) is 35.9 Å². The van der Waals surface area contributed by atoms with Crippen molar-refractivity contribution in [3.8, 4) is 5.75 Å². The Morgan fingerprint density at radius 3 is 2.46 bits per heavy atom. The van der Waals surface area contributed by atoms with Crippen molar-refractivity contribution in [2.24, 2.45) is 17.3 Å². The molecule has 1 aromatic carbocycles. The Morgan fingerprint density at radius 2 is 1.88 bits per heavy atom. The Bertz CT molecular complexity index is 611. The van der Waals surface area contributed by atoms with Crippen LogP contribution in [-0.2, 0) is 0 Å². The van der Waals surface area contributed by atoms with E-state index in [9.17, 15) is 0 Å². The second-order valence-corrected chi connectivity index (χ2v) is 8.43. The molecule has 1 heterocycles. The van der Waals surface area contributed by atoms with E-state index >= 15 is 0 Å². The second kappa shape index (κ2) is 6.11. The Morgan fingerprint density at radius 1 is 1.17 bits per heavy atom. The van der Waals surface area contributed by atoms with E-state index in [4.69, 9.17) is 4.74 Å². The van der Waals surface area contributed by atoms with Crippen LogP contribution in [0.2, 0.25) is 0 Å². The number of nitrogens with one attached hydrogen (secondary N) is 1. The summed E-state index contributed by atoms with van der Waals surface area (Å²) >= 11 is 0. The molecule has 130 valence electrons. The van der Waals surface area contributed by atoms with Gasteiger partial charge < -0.3 is 14.5 Å². The van der Waals surface area contributed by atoms with E-state index in [2.05, 4.69) is 49.1 Å². The summed E-state index contributed by atoms with van der Waals surface area (Å²) in [4.78, 5) is 4.29. The number of piperazine rings is 1. The molecule has 0 amide bonds. The average Bonchev–Trinajstić information content (AvgIpc) is 2.62. The molecule has 0 radical (unpaired) electrons. The van der Waals surface area contributed by atoms with Crippen LogP contribution < -0.4 is 14.5 Å². The third-order valence-electron chi connectivity index (χ3n) is 6.94. The minimum absolute atomic E-state index is 0.564. The predicted octanol–water partition coefficient (Wildman–Crippen LogP) is 2.39. The fourth-order valence-electron chi connectivity index (χ4n) is 5.02. The quantitative estimate of drug-likeness (QED) is 0.855. The lowest BCUT2D eigenvalue weighted by Crippen LogP contribution is -3.15. The van der Waals surface area contributed by atoms with Crippen molar-refractivity contribution >= 4 is 5.69 Å². The van der Waals surface area contributed by atoms with Gasteiger partial charge in [0.1, 0.15) is 5.75 Å². The molecule has 0 aromatic heterocycles. The summed E-state index contributed by atoms with van der Waals surface area (Å²) < 4.78 is 5.26. The van der Waals surface area contributed by atoms with Gasteiger partial charge in [-0.05, 0) is 59.9 Å². The molecule has 1 aromatic rings. The highest BCUT2D eigenvalue weighted by molar-refractivity contribution is 5.49. The molecule has 1 N–H and O–H groups in total. The number of quaternary nitrogens is 1. The summed E-state index contributed by atoms with van der Waals surface area (Å²) in [6.45, 7) is 11.1. The molecule has 1 aliphatic heterocycles. The summed E-state index contributed by atoms with van der Waals surface area (Å²) in [6, 6.07) is 8.50. The highest BCUT2D eigenvalue weighted by atomic mass is 16.5. The number of ether oxygens (including phenoxy) is 1. The van der Waals surface area contributed by atoms with E-state index in [1.54, 1.807) is 17.6 Å². The maximum atomic E-state index is 5.26. The first-order valence-corrected chi connectivity index (χ1v) is 9.49. The minimum Gasteiger partial charge on any atom is -0.497 e. The zero-order chi connectivity index (χ0) is 16.7. The molecule has 0 spiro atoms. The van der Waals surface area contributed by atoms with Crippen molar-refractivity contribution in [2.45, 2.75) is 26.7 Å². The summed E-state index contributed by atoms with van der Waals surface area (Å²) in [7, 11) is 1.72. The molecule has 3 aliphatic carbocycles. The average molecular weight is 327 g/mol. The van der Waals surface area contributed by atoms with Gasteiger partial charge >= 0.3 is 0 Å². The number of methoxy groups -OCH3 is 1. The molecule has 1 saturated heterocycles. The van der Waals surface area contributed by atoms with Gasteiger partial charge in [-0.1, -0.05) is 19.9 Å². The van der Waals surface area contributed by atoms with Gasteiger partial charge in [0.15, 0.2) is 0 Å². The molecule has 2 atom stereocenters. The molecule has 5 rings (SSSR count). The summed E-state index contributed by atoms with van der Waals surface area (Å²) in [5.74, 6) is 2.75. The van der Waals surface area contributed by atoms with Gasteiger partial charge in [0.2, 0.25) is 0 Å². The third kappa shape index (κ3) is 2.73. The molecule has 4 aliphatic rings. The lowest BCUT2D eigenvalue weighted by molar-refractivity contribution is -0.896. The maximum absolute atomic E-state index is 5.26. The predicted molar refractivity (Wildman–Crippen MR) is 98.8 cm³/mol. The fourth-order valence-corrected chi connectivity index (χ4v) is 5.02. The van der Waals surface area contributed by atoms with E-state index in [0.717, 1.165) is 30.7 Å². The van der Waals surface area contributed by atoms with E-state index in [-0.39, 0.29) is 0 Å². The van der Waals surface area contributed by atoms with Gasteiger partial charge in [-0.25, -0.2) is 0 Å². The first-order chi connectivity index (χ1) is 11.6. The van der Waals surface area contributed by atoms with Crippen LogP contribution in [0.15, 0.2) is 35.9 Å². The molecule has 2 fully saturated rings. The fraction of sp³-hybridized carbons (Fsp3) is 0.619. The SMILES string of the molecule is COc1ccc(N2CC[NH+](CC3=CC[C@H]4C[C@@H]3C4(C)C)CC2)cc1. The van der Waals surface area contributed by atoms with E-state index in [0.29, 0.717) is 5.41 Å². The number of benzene rings is 1. The summed E-state index contributed by atoms with van der Waals surface area (Å²) in [5, 5.41) is 0. The van der Waals surface area contributed by atoms with Crippen LogP contribution in [0, 0.1) is 17.3 Å². The minimum atomic E-state index is 0.564. The lowest BCUT2D eigenvalue weighted by atomic mass is 9.49. The number of hydrogen-bond donors (Lipinski definition) is 1. The van der Waals surface area contributed by atoms with Crippen molar-refractivity contribution in [1.82, 2.24) is 0 Å². The molecule has 24 heavy (non-hydrogen) atoms. The molecular weight excluding hydrogens is 296 g/mol. The van der Waals surface area contributed by atoms with Crippen molar-refractivity contribution < 1.29 is 9.64 Å². The van der Waals surface area contributed by atoms with Crippen molar-refractivity contribution in [2.75, 3.05) is 44.7 Å². The van der Waals surface area contributed by atoms with Crippen LogP contribution in [0.1, 0.15) is 26.7 Å². The van der Waals surface area contributed by atoms with Crippen LogP contribution in [0.5, 0.6) is 5.75 Å². The number of fused-ring (bicyclic) bond motifs is 1. The largest absolute Gasteiger partial charge is 0.497 e. The smallest absolute Gasteiger partial charge is 0.119 e. The zero-order valence-electron chi connectivity index (χ0n) is 15.3. The van der Waals surface area contributed by atoms with Crippen LogP contribution in [-0.4, -0.2) is 39.8 Å². The Kier molecular flexibility index (Phi) is 4.07. The summed E-state index contributed by atoms with van der Waals surface area (Å²) in [6.07, 6.45) is 5.35. The number of allylic oxidation sites excluding steroid dienone is 1. The zero-order valence-corrected chi connectivity index (χ0v) is 15.3. The van der Waals surface area contributed by atoms with Crippen LogP contribution >= 0.6 is 0 Å². The molecule has 1 saturated carbocycles. The van der Waals surface area contributed by atoms with Crippen LogP contribution in [0.25, 0.3) is 0 Å². The van der Waals surface area contributed by atoms with Gasteiger partial charge in [0.05, 0.1) is 39.8 Å². The Labute approximate surface area is 146 Å². The number of nitrogens with zero attached hydrogens (tertiary/aromatic N) is 1. The first-order valence-electron chi connectivity index (χ1n) is 9.49. The first kappa shape index (κ1) is 16.0. The third-order valence-corrected chi connectivity index (χ3v) is 6.94. The lowest BCUT2D eigenvalue weighted by Gasteiger charge is -2.56. The highest BCUT2D eigenvalue weighted by Gasteiger charge is 2.51. The Hall–Kier alpha value is -1.48. The molecule has 3 nitrogen and oxygen atoms in total. The van der Waals surface area contributed by atoms with Gasteiger partial charge in [0, 0.05) is 5.69 Å². The molecular formula is C21H31N2O+. The molecule has 2 bridgehead atoms. The Balaban J connectivity index is 1.32. The van der Waals surface area contributed by atoms with Gasteiger partial charge in [-0.2, -0.15) is 0 Å². The van der Waals surface area contributed by atoms with Gasteiger partial charge in [-0.15, -0.1) is 0 Å². The number of hydrogen-bond acceptors (Lipinski definition) is 2. The topological polar surface area (TPSA) is 16.9 Å². The van der Waals surface area contributed by atoms with Crippen LogP contribution in [0.3, 0.4) is 0 Å². The second-order valence-electron chi connectivity index (χ2n) is 8.43. The van der Waals surface area contributed by atoms with E-state index in [1.807, 2.05) is 0 Å². The highest BCUT2D eigenvalue weighted by Crippen LogP contribution is 2.58. The van der Waals surface area contributed by atoms with Crippen molar-refractivity contribution in [1.29, 1.82) is 0 Å². The number of rotatable bonds is 4. The van der Waals surface area contributed by atoms with Crippen molar-refractivity contribution in [3.63, 3.8) is 0 Å². The number of anilines is 1. The molecule has 0 unspecified atom stereocenters. The van der Waals surface area contributed by atoms with E-state index < -0.39 is 0 Å². The normalized spacial score (nSPS) is 29.0. The van der Waals surface area contributed by atoms with Gasteiger partial charge in [-0.3, -0.25) is 0 Å². The standard InChI is InChI=1S/C21H30N2O/c1-21(2)17-5-4-16(20(21)14-17)15-22-10-12-23(13-11-22)18-6-8-19(24-3)9-7-18/h4,6-9,17,20H,5,10-15H2,1-3H3/p+1/t17-,20-/m0/s1.